The average Bonchev–Trinajstić information content (AvgIpc) is 2.66. The Bertz CT molecular complexity index is 703. The largest absolute Gasteiger partial charge is 0.454 e. The van der Waals surface area contributed by atoms with Gasteiger partial charge in [-0.3, -0.25) is 4.79 Å². The zero-order chi connectivity index (χ0) is 22.0. The molecule has 0 saturated carbocycles. The molecule has 0 aromatic carbocycles. The topological polar surface area (TPSA) is 43.4 Å². The summed E-state index contributed by atoms with van der Waals surface area (Å²) in [7, 11) is 0. The molecular weight excluding hydrogens is 360 g/mol. The average molecular weight is 399 g/mol. The quantitative estimate of drug-likeness (QED) is 0.316. The summed E-state index contributed by atoms with van der Waals surface area (Å²) in [6, 6.07) is 0. The van der Waals surface area contributed by atoms with Crippen molar-refractivity contribution in [3.8, 4) is 0 Å². The number of hydrogen-bond acceptors (Lipinski definition) is 3. The van der Waals surface area contributed by atoms with Crippen molar-refractivity contribution in [3.63, 3.8) is 0 Å². The Morgan fingerprint density at radius 2 is 1.86 bits per heavy atom. The summed E-state index contributed by atoms with van der Waals surface area (Å²) in [5, 5.41) is 0. The van der Waals surface area contributed by atoms with Gasteiger partial charge in [-0.15, -0.1) is 0 Å². The molecule has 0 fully saturated rings. The second kappa shape index (κ2) is 12.4. The monoisotopic (exact) mass is 398 g/mol. The van der Waals surface area contributed by atoms with Gasteiger partial charge in [0.25, 0.3) is 0 Å². The highest BCUT2D eigenvalue weighted by Gasteiger charge is 2.20. The van der Waals surface area contributed by atoms with E-state index in [0.29, 0.717) is 5.92 Å². The van der Waals surface area contributed by atoms with Crippen LogP contribution in [0.5, 0.6) is 0 Å². The van der Waals surface area contributed by atoms with Crippen LogP contribution >= 0.6 is 0 Å². The number of carbonyl (C=O) groups is 2. The predicted octanol–water partition coefficient (Wildman–Crippen LogP) is 6.39. The first-order valence-corrected chi connectivity index (χ1v) is 10.8. The third kappa shape index (κ3) is 9.25. The first-order valence-electron chi connectivity index (χ1n) is 10.8. The van der Waals surface area contributed by atoms with E-state index < -0.39 is 0 Å². The van der Waals surface area contributed by atoms with Crippen molar-refractivity contribution in [1.82, 2.24) is 0 Å². The normalized spacial score (nSPS) is 23.1. The van der Waals surface area contributed by atoms with E-state index in [0.717, 1.165) is 18.4 Å². The van der Waals surface area contributed by atoms with Gasteiger partial charge in [-0.1, -0.05) is 89.1 Å². The molecule has 160 valence electrons. The lowest BCUT2D eigenvalue weighted by atomic mass is 9.95. The van der Waals surface area contributed by atoms with Crippen LogP contribution in [0.4, 0.5) is 0 Å². The van der Waals surface area contributed by atoms with Gasteiger partial charge in [-0.05, 0) is 31.8 Å². The fraction of sp³-hybridized carbons (Fsp3) is 0.538. The number of hydrogen-bond donors (Lipinski definition) is 0. The second-order valence-corrected chi connectivity index (χ2v) is 8.45. The minimum atomic E-state index is -0.272. The maximum Gasteiger partial charge on any atom is 0.331 e. The lowest BCUT2D eigenvalue weighted by Crippen LogP contribution is -2.25. The molecule has 0 N–H and O–H groups in total. The molecule has 0 saturated heterocycles. The summed E-state index contributed by atoms with van der Waals surface area (Å²) in [4.78, 5) is 23.4. The van der Waals surface area contributed by atoms with E-state index in [1.165, 1.54) is 11.6 Å². The summed E-state index contributed by atoms with van der Waals surface area (Å²) in [6.07, 6.45) is 17.7. The van der Waals surface area contributed by atoms with E-state index in [1.54, 1.807) is 0 Å². The summed E-state index contributed by atoms with van der Waals surface area (Å²) in [5.41, 5.74) is 2.37. The van der Waals surface area contributed by atoms with Gasteiger partial charge in [0, 0.05) is 23.8 Å². The molecule has 1 rings (SSSR count). The Labute approximate surface area is 177 Å². The van der Waals surface area contributed by atoms with Gasteiger partial charge in [0.15, 0.2) is 0 Å². The Balaban J connectivity index is 2.64. The van der Waals surface area contributed by atoms with E-state index in [4.69, 9.17) is 4.74 Å². The summed E-state index contributed by atoms with van der Waals surface area (Å²) in [6.45, 7) is 14.3. The molecule has 0 aromatic rings. The first kappa shape index (κ1) is 24.9. The maximum atomic E-state index is 12.0. The van der Waals surface area contributed by atoms with Crippen LogP contribution < -0.4 is 0 Å². The van der Waals surface area contributed by atoms with E-state index >= 15 is 0 Å². The number of esters is 1. The van der Waals surface area contributed by atoms with Gasteiger partial charge in [0.1, 0.15) is 11.9 Å². The Morgan fingerprint density at radius 1 is 1.17 bits per heavy atom. The molecule has 4 atom stereocenters. The predicted molar refractivity (Wildman–Crippen MR) is 121 cm³/mol. The highest BCUT2D eigenvalue weighted by Crippen LogP contribution is 2.19. The SMILES string of the molecule is CCC(=C/[C@H](C)C/C=C/C(C)=C/[C@@H](C)C(=O)C(C)C)/C=C/[C@@H]1OC(=O)C=C[C@@H]1C. The highest BCUT2D eigenvalue weighted by molar-refractivity contribution is 5.84. The molecule has 0 aromatic heterocycles. The summed E-state index contributed by atoms with van der Waals surface area (Å²) < 4.78 is 5.37. The Morgan fingerprint density at radius 3 is 2.48 bits per heavy atom. The third-order valence-electron chi connectivity index (χ3n) is 5.13. The van der Waals surface area contributed by atoms with E-state index in [9.17, 15) is 9.59 Å². The van der Waals surface area contributed by atoms with Gasteiger partial charge < -0.3 is 4.74 Å². The number of cyclic esters (lactones) is 1. The van der Waals surface area contributed by atoms with Crippen LogP contribution in [0.25, 0.3) is 0 Å². The number of Topliss-reactive ketones (excluding diaryl/α,β-unsaturated/α-hetero) is 1. The van der Waals surface area contributed by atoms with E-state index in [-0.39, 0.29) is 35.6 Å². The molecule has 0 aliphatic carbocycles. The van der Waals surface area contributed by atoms with Crippen molar-refractivity contribution >= 4 is 11.8 Å². The number of allylic oxidation sites excluding steroid dienone is 7. The molecular formula is C26H38O3. The minimum absolute atomic E-state index is 0.0417. The number of carbonyl (C=O) groups excluding carboxylic acids is 2. The van der Waals surface area contributed by atoms with Crippen LogP contribution in [-0.4, -0.2) is 17.9 Å². The number of rotatable bonds is 10. The molecule has 0 amide bonds. The number of ketones is 1. The maximum absolute atomic E-state index is 12.0. The molecule has 0 unspecified atom stereocenters. The Hall–Kier alpha value is -2.16. The molecule has 0 radical (unpaired) electrons. The van der Waals surface area contributed by atoms with Crippen molar-refractivity contribution in [2.45, 2.75) is 67.4 Å². The fourth-order valence-electron chi connectivity index (χ4n) is 3.30. The van der Waals surface area contributed by atoms with Gasteiger partial charge in [0.2, 0.25) is 0 Å². The van der Waals surface area contributed by atoms with Gasteiger partial charge in [-0.2, -0.15) is 0 Å². The van der Waals surface area contributed by atoms with Crippen molar-refractivity contribution in [3.05, 3.63) is 59.8 Å². The lowest BCUT2D eigenvalue weighted by molar-refractivity contribution is -0.143. The van der Waals surface area contributed by atoms with E-state index in [1.807, 2.05) is 52.8 Å². The zero-order valence-electron chi connectivity index (χ0n) is 19.1. The van der Waals surface area contributed by atoms with Crippen molar-refractivity contribution in [2.24, 2.45) is 23.7 Å². The molecule has 1 aliphatic rings. The smallest absolute Gasteiger partial charge is 0.331 e. The first-order chi connectivity index (χ1) is 13.6. The number of ether oxygens (including phenoxy) is 1. The molecule has 0 bridgehead atoms. The standard InChI is InChI=1S/C26H38O3/c1-8-23(13-14-24-21(6)12-15-25(27)29-24)17-20(5)11-9-10-19(4)16-22(7)26(28)18(2)3/h9-10,12-18,20-22,24H,8,11H2,1-7H3/b10-9+,14-13+,19-16+,23-17-/t20-,21+,22-,24+/m1/s1. The van der Waals surface area contributed by atoms with Crippen molar-refractivity contribution in [2.75, 3.05) is 0 Å². The van der Waals surface area contributed by atoms with Crippen LogP contribution in [0.15, 0.2) is 59.8 Å². The highest BCUT2D eigenvalue weighted by atomic mass is 16.5. The van der Waals surface area contributed by atoms with Gasteiger partial charge >= 0.3 is 5.97 Å². The van der Waals surface area contributed by atoms with Crippen LogP contribution in [0.1, 0.15) is 61.3 Å². The van der Waals surface area contributed by atoms with Crippen molar-refractivity contribution < 1.29 is 14.3 Å². The second-order valence-electron chi connectivity index (χ2n) is 8.45. The fourth-order valence-corrected chi connectivity index (χ4v) is 3.30. The molecule has 3 nitrogen and oxygen atoms in total. The van der Waals surface area contributed by atoms with Crippen LogP contribution in [0.3, 0.4) is 0 Å². The molecule has 1 aliphatic heterocycles. The van der Waals surface area contributed by atoms with E-state index in [2.05, 4.69) is 38.2 Å². The van der Waals surface area contributed by atoms with Gasteiger partial charge in [0.05, 0.1) is 0 Å². The van der Waals surface area contributed by atoms with Crippen LogP contribution in [0, 0.1) is 23.7 Å². The molecule has 3 heteroatoms. The molecule has 1 heterocycles. The Kier molecular flexibility index (Phi) is 10.6. The molecule has 0 spiro atoms. The van der Waals surface area contributed by atoms with Crippen LogP contribution in [-0.2, 0) is 14.3 Å². The van der Waals surface area contributed by atoms with Crippen LogP contribution in [0.2, 0.25) is 0 Å². The minimum Gasteiger partial charge on any atom is -0.454 e. The summed E-state index contributed by atoms with van der Waals surface area (Å²) >= 11 is 0. The van der Waals surface area contributed by atoms with Gasteiger partial charge in [-0.25, -0.2) is 4.79 Å². The summed E-state index contributed by atoms with van der Waals surface area (Å²) in [5.74, 6) is 0.634. The molecule has 29 heavy (non-hydrogen) atoms. The van der Waals surface area contributed by atoms with Crippen molar-refractivity contribution in [1.29, 1.82) is 0 Å². The third-order valence-corrected chi connectivity index (χ3v) is 5.13. The lowest BCUT2D eigenvalue weighted by Gasteiger charge is -2.21. The zero-order valence-corrected chi connectivity index (χ0v) is 19.1.